The molecule has 5 heteroatoms. The second-order valence-electron chi connectivity index (χ2n) is 4.72. The van der Waals surface area contributed by atoms with E-state index in [2.05, 4.69) is 13.1 Å². The molecule has 0 unspecified atom stereocenters. The van der Waals surface area contributed by atoms with Gasteiger partial charge in [0.25, 0.3) is 0 Å². The fraction of sp³-hybridized carbons (Fsp3) is 0.455. The SMILES string of the molecule is CO[Si](C)(C)O[Si](C)(C)c1ccc(F)cc1. The van der Waals surface area contributed by atoms with Crippen molar-refractivity contribution in [3.8, 4) is 0 Å². The quantitative estimate of drug-likeness (QED) is 0.773. The summed E-state index contributed by atoms with van der Waals surface area (Å²) in [5.41, 5.74) is 0. The first-order chi connectivity index (χ1) is 7.27. The lowest BCUT2D eigenvalue weighted by Gasteiger charge is -2.32. The Morgan fingerprint density at radius 1 is 1.00 bits per heavy atom. The Morgan fingerprint density at radius 3 is 1.94 bits per heavy atom. The molecule has 0 saturated heterocycles. The second-order valence-corrected chi connectivity index (χ2v) is 12.3. The second kappa shape index (κ2) is 4.79. The van der Waals surface area contributed by atoms with E-state index in [0.29, 0.717) is 0 Å². The molecule has 0 radical (unpaired) electrons. The molecule has 0 aliphatic carbocycles. The van der Waals surface area contributed by atoms with Gasteiger partial charge in [-0.1, -0.05) is 12.1 Å². The van der Waals surface area contributed by atoms with Gasteiger partial charge in [-0.15, -0.1) is 0 Å². The minimum Gasteiger partial charge on any atom is -0.432 e. The summed E-state index contributed by atoms with van der Waals surface area (Å²) in [6.07, 6.45) is 0. The molecule has 1 aromatic carbocycles. The van der Waals surface area contributed by atoms with Gasteiger partial charge >= 0.3 is 8.56 Å². The normalized spacial score (nSPS) is 12.9. The van der Waals surface area contributed by atoms with Crippen molar-refractivity contribution in [1.29, 1.82) is 0 Å². The summed E-state index contributed by atoms with van der Waals surface area (Å²) in [6.45, 7) is 8.25. The largest absolute Gasteiger partial charge is 0.432 e. The first-order valence-corrected chi connectivity index (χ1v) is 11.0. The maximum Gasteiger partial charge on any atom is 0.321 e. The van der Waals surface area contributed by atoms with E-state index in [1.165, 1.54) is 12.1 Å². The van der Waals surface area contributed by atoms with E-state index in [1.807, 2.05) is 25.2 Å². The average Bonchev–Trinajstić information content (AvgIpc) is 2.17. The molecule has 0 aliphatic heterocycles. The van der Waals surface area contributed by atoms with E-state index in [9.17, 15) is 4.39 Å². The summed E-state index contributed by atoms with van der Waals surface area (Å²) in [6, 6.07) is 6.58. The zero-order chi connectivity index (χ0) is 12.4. The monoisotopic (exact) mass is 258 g/mol. The topological polar surface area (TPSA) is 18.5 Å². The van der Waals surface area contributed by atoms with Gasteiger partial charge in [-0.3, -0.25) is 0 Å². The van der Waals surface area contributed by atoms with Crippen LogP contribution < -0.4 is 5.19 Å². The molecule has 0 saturated carbocycles. The highest BCUT2D eigenvalue weighted by molar-refractivity contribution is 6.90. The first-order valence-electron chi connectivity index (χ1n) is 5.28. The van der Waals surface area contributed by atoms with Gasteiger partial charge < -0.3 is 8.54 Å². The molecule has 0 heterocycles. The van der Waals surface area contributed by atoms with Crippen LogP contribution in [0.25, 0.3) is 0 Å². The predicted molar refractivity (Wildman–Crippen MR) is 69.1 cm³/mol. The summed E-state index contributed by atoms with van der Waals surface area (Å²) in [4.78, 5) is 0. The van der Waals surface area contributed by atoms with Gasteiger partial charge in [-0.25, -0.2) is 4.39 Å². The molecule has 1 rings (SSSR count). The van der Waals surface area contributed by atoms with Gasteiger partial charge in [0.05, 0.1) is 0 Å². The Balaban J connectivity index is 2.89. The zero-order valence-electron chi connectivity index (χ0n) is 10.5. The van der Waals surface area contributed by atoms with E-state index in [4.69, 9.17) is 8.54 Å². The van der Waals surface area contributed by atoms with Crippen LogP contribution in [0.1, 0.15) is 0 Å². The Bertz CT molecular complexity index is 350. The van der Waals surface area contributed by atoms with E-state index < -0.39 is 16.9 Å². The fourth-order valence-electron chi connectivity index (χ4n) is 1.57. The Hall–Kier alpha value is -0.496. The third-order valence-electron chi connectivity index (χ3n) is 2.53. The van der Waals surface area contributed by atoms with Crippen molar-refractivity contribution < 1.29 is 12.9 Å². The maximum absolute atomic E-state index is 12.8. The summed E-state index contributed by atoms with van der Waals surface area (Å²) < 4.78 is 24.4. The van der Waals surface area contributed by atoms with Gasteiger partial charge in [-0.05, 0) is 43.5 Å². The molecular formula is C11H19FO2Si2. The van der Waals surface area contributed by atoms with E-state index in [-0.39, 0.29) is 5.82 Å². The molecule has 16 heavy (non-hydrogen) atoms. The molecular weight excluding hydrogens is 239 g/mol. The Morgan fingerprint density at radius 2 is 1.50 bits per heavy atom. The fourth-order valence-corrected chi connectivity index (χ4v) is 8.26. The maximum atomic E-state index is 12.8. The van der Waals surface area contributed by atoms with Gasteiger partial charge in [0, 0.05) is 7.11 Å². The smallest absolute Gasteiger partial charge is 0.321 e. The molecule has 90 valence electrons. The first kappa shape index (κ1) is 13.6. The highest BCUT2D eigenvalue weighted by Gasteiger charge is 2.35. The highest BCUT2D eigenvalue weighted by Crippen LogP contribution is 2.15. The van der Waals surface area contributed by atoms with Crippen molar-refractivity contribution in [2.75, 3.05) is 7.11 Å². The van der Waals surface area contributed by atoms with Crippen LogP contribution in [0.15, 0.2) is 24.3 Å². The minimum atomic E-state index is -2.04. The zero-order valence-corrected chi connectivity index (χ0v) is 12.5. The number of halogens is 1. The van der Waals surface area contributed by atoms with Crippen LogP contribution in [0.4, 0.5) is 4.39 Å². The van der Waals surface area contributed by atoms with Crippen LogP contribution >= 0.6 is 0 Å². The van der Waals surface area contributed by atoms with Gasteiger partial charge in [0.1, 0.15) is 5.82 Å². The summed E-state index contributed by atoms with van der Waals surface area (Å²) >= 11 is 0. The van der Waals surface area contributed by atoms with Crippen molar-refractivity contribution in [2.24, 2.45) is 0 Å². The third kappa shape index (κ3) is 3.52. The number of rotatable bonds is 4. The van der Waals surface area contributed by atoms with Crippen LogP contribution in [0, 0.1) is 5.82 Å². The standard InChI is InChI=1S/C11H19FO2Si2/c1-13-16(4,5)14-15(2,3)11-8-6-10(12)7-9-11/h6-9H,1-5H3. The molecule has 2 nitrogen and oxygen atoms in total. The van der Waals surface area contributed by atoms with Crippen molar-refractivity contribution in [1.82, 2.24) is 0 Å². The summed E-state index contributed by atoms with van der Waals surface area (Å²) in [5.74, 6) is -0.211. The predicted octanol–water partition coefficient (Wildman–Crippen LogP) is 2.60. The van der Waals surface area contributed by atoms with Crippen LogP contribution in [-0.2, 0) is 8.54 Å². The minimum absolute atomic E-state index is 0.211. The number of benzene rings is 1. The summed E-state index contributed by atoms with van der Waals surface area (Å²) in [5, 5.41) is 1.09. The van der Waals surface area contributed by atoms with E-state index >= 15 is 0 Å². The van der Waals surface area contributed by atoms with Gasteiger partial charge in [-0.2, -0.15) is 0 Å². The van der Waals surface area contributed by atoms with Crippen molar-refractivity contribution >= 4 is 22.1 Å². The molecule has 1 aromatic rings. The molecule has 0 atom stereocenters. The van der Waals surface area contributed by atoms with Gasteiger partial charge in [0.15, 0.2) is 0 Å². The molecule has 0 fully saturated rings. The van der Waals surface area contributed by atoms with E-state index in [0.717, 1.165) is 5.19 Å². The van der Waals surface area contributed by atoms with Crippen LogP contribution in [0.3, 0.4) is 0 Å². The van der Waals surface area contributed by atoms with Crippen LogP contribution in [-0.4, -0.2) is 24.0 Å². The van der Waals surface area contributed by atoms with Gasteiger partial charge in [0.2, 0.25) is 8.32 Å². The van der Waals surface area contributed by atoms with Crippen molar-refractivity contribution in [2.45, 2.75) is 26.2 Å². The van der Waals surface area contributed by atoms with Crippen LogP contribution in [0.2, 0.25) is 26.2 Å². The van der Waals surface area contributed by atoms with E-state index in [1.54, 1.807) is 7.11 Å². The molecule has 0 amide bonds. The molecule has 0 bridgehead atoms. The number of hydrogen-bond acceptors (Lipinski definition) is 2. The molecule has 0 N–H and O–H groups in total. The third-order valence-corrected chi connectivity index (χ3v) is 9.25. The molecule has 0 spiro atoms. The molecule has 0 aromatic heterocycles. The van der Waals surface area contributed by atoms with Crippen molar-refractivity contribution in [3.63, 3.8) is 0 Å². The highest BCUT2D eigenvalue weighted by atomic mass is 28.4. The summed E-state index contributed by atoms with van der Waals surface area (Å²) in [7, 11) is -2.35. The van der Waals surface area contributed by atoms with Crippen LogP contribution in [0.5, 0.6) is 0 Å². The Kier molecular flexibility index (Phi) is 4.06. The lowest BCUT2D eigenvalue weighted by atomic mass is 10.3. The number of hydrogen-bond donors (Lipinski definition) is 0. The van der Waals surface area contributed by atoms with Crippen molar-refractivity contribution in [3.05, 3.63) is 30.1 Å². The lowest BCUT2D eigenvalue weighted by molar-refractivity contribution is 0.313. The Labute approximate surface area is 98.8 Å². The lowest BCUT2D eigenvalue weighted by Crippen LogP contribution is -2.53. The molecule has 0 aliphatic rings. The average molecular weight is 258 g/mol.